The third-order valence-electron chi connectivity index (χ3n) is 4.95. The summed E-state index contributed by atoms with van der Waals surface area (Å²) in [7, 11) is 1.68. The number of hydrogen-bond donors (Lipinski definition) is 2. The predicted octanol–water partition coefficient (Wildman–Crippen LogP) is 4.06. The Morgan fingerprint density at radius 2 is 1.97 bits per heavy atom. The van der Waals surface area contributed by atoms with E-state index in [0.717, 1.165) is 36.1 Å². The van der Waals surface area contributed by atoms with Gasteiger partial charge in [-0.1, -0.05) is 24.3 Å². The van der Waals surface area contributed by atoms with Gasteiger partial charge in [0.25, 0.3) is 0 Å². The maximum atomic E-state index is 14.1. The molecule has 30 heavy (non-hydrogen) atoms. The lowest BCUT2D eigenvalue weighted by Gasteiger charge is -2.21. The zero-order valence-electron chi connectivity index (χ0n) is 17.3. The number of nitrogens with zero attached hydrogens (tertiary/aromatic N) is 2. The average molecular weight is 530 g/mol. The summed E-state index contributed by atoms with van der Waals surface area (Å²) >= 11 is 0. The fraction of sp³-hybridized carbons (Fsp3) is 0.409. The van der Waals surface area contributed by atoms with E-state index < -0.39 is 11.6 Å². The zero-order valence-corrected chi connectivity index (χ0v) is 19.7. The van der Waals surface area contributed by atoms with E-state index in [2.05, 4.69) is 16.7 Å². The lowest BCUT2D eigenvalue weighted by atomic mass is 10.1. The topological polar surface area (TPSA) is 48.9 Å². The normalized spacial score (nSPS) is 16.3. The molecule has 1 atom stereocenters. The lowest BCUT2D eigenvalue weighted by molar-refractivity contribution is 0.184. The van der Waals surface area contributed by atoms with Gasteiger partial charge < -0.3 is 20.3 Å². The number of rotatable bonds is 7. The Balaban J connectivity index is 0.00000320. The van der Waals surface area contributed by atoms with Crippen LogP contribution >= 0.6 is 24.0 Å². The molecule has 2 aromatic carbocycles. The number of ether oxygens (including phenoxy) is 1. The summed E-state index contributed by atoms with van der Waals surface area (Å²) in [6.07, 6.45) is 0.849. The first kappa shape index (κ1) is 24.3. The molecule has 0 radical (unpaired) electrons. The molecule has 0 saturated carbocycles. The number of anilines is 1. The van der Waals surface area contributed by atoms with Crippen LogP contribution in [0, 0.1) is 11.6 Å². The van der Waals surface area contributed by atoms with Crippen molar-refractivity contribution in [2.75, 3.05) is 31.6 Å². The molecule has 164 valence electrons. The summed E-state index contributed by atoms with van der Waals surface area (Å²) in [6.45, 7) is 5.19. The van der Waals surface area contributed by atoms with E-state index in [1.54, 1.807) is 7.11 Å². The Morgan fingerprint density at radius 3 is 2.67 bits per heavy atom. The highest BCUT2D eigenvalue weighted by molar-refractivity contribution is 14.0. The second kappa shape index (κ2) is 12.0. The Labute approximate surface area is 193 Å². The Kier molecular flexibility index (Phi) is 9.77. The van der Waals surface area contributed by atoms with Crippen LogP contribution in [0.4, 0.5) is 14.5 Å². The first-order chi connectivity index (χ1) is 14.1. The van der Waals surface area contributed by atoms with E-state index in [0.29, 0.717) is 31.9 Å². The summed E-state index contributed by atoms with van der Waals surface area (Å²) in [5, 5.41) is 6.71. The fourth-order valence-electron chi connectivity index (χ4n) is 3.52. The summed E-state index contributed by atoms with van der Waals surface area (Å²) in [4.78, 5) is 6.65. The SMILES string of the molecule is CCNC(=NCc1ccccc1COC)NC1CCN(c2ccc(F)cc2F)C1.I. The van der Waals surface area contributed by atoms with Crippen molar-refractivity contribution in [1.29, 1.82) is 0 Å². The van der Waals surface area contributed by atoms with Crippen molar-refractivity contribution in [3.63, 3.8) is 0 Å². The van der Waals surface area contributed by atoms with Gasteiger partial charge in [-0.3, -0.25) is 0 Å². The van der Waals surface area contributed by atoms with Gasteiger partial charge >= 0.3 is 0 Å². The number of guanidine groups is 1. The number of methoxy groups -OCH3 is 1. The monoisotopic (exact) mass is 530 g/mol. The Hall–Kier alpha value is -1.94. The molecule has 2 aromatic rings. The van der Waals surface area contributed by atoms with E-state index in [9.17, 15) is 8.78 Å². The van der Waals surface area contributed by atoms with Crippen molar-refractivity contribution in [2.24, 2.45) is 4.99 Å². The van der Waals surface area contributed by atoms with Crippen molar-refractivity contribution in [3.05, 3.63) is 65.2 Å². The summed E-state index contributed by atoms with van der Waals surface area (Å²) in [5.74, 6) is -0.359. The molecule has 1 saturated heterocycles. The van der Waals surface area contributed by atoms with Crippen molar-refractivity contribution < 1.29 is 13.5 Å². The summed E-state index contributed by atoms with van der Waals surface area (Å²) < 4.78 is 32.5. The fourth-order valence-corrected chi connectivity index (χ4v) is 3.52. The number of nitrogens with one attached hydrogen (secondary N) is 2. The van der Waals surface area contributed by atoms with Gasteiger partial charge in [-0.15, -0.1) is 24.0 Å². The van der Waals surface area contributed by atoms with Crippen LogP contribution in [-0.2, 0) is 17.9 Å². The van der Waals surface area contributed by atoms with Crippen molar-refractivity contribution in [1.82, 2.24) is 10.6 Å². The van der Waals surface area contributed by atoms with Gasteiger partial charge in [-0.25, -0.2) is 13.8 Å². The number of halogens is 3. The Bertz CT molecular complexity index is 850. The molecule has 0 aromatic heterocycles. The molecule has 1 aliphatic rings. The quantitative estimate of drug-likeness (QED) is 0.322. The standard InChI is InChI=1S/C22H28F2N4O.HI/c1-3-25-22(26-13-16-6-4-5-7-17(16)15-29-2)27-19-10-11-28(14-19)21-9-8-18(23)12-20(21)24;/h4-9,12,19H,3,10-11,13-15H2,1-2H3,(H2,25,26,27);1H. The van der Waals surface area contributed by atoms with Gasteiger partial charge in [0.05, 0.1) is 18.8 Å². The first-order valence-electron chi connectivity index (χ1n) is 9.91. The predicted molar refractivity (Wildman–Crippen MR) is 127 cm³/mol. The van der Waals surface area contributed by atoms with Crippen LogP contribution in [-0.4, -0.2) is 38.7 Å². The molecule has 8 heteroatoms. The van der Waals surface area contributed by atoms with Crippen molar-refractivity contribution >= 4 is 35.6 Å². The number of aliphatic imine (C=N–C) groups is 1. The van der Waals surface area contributed by atoms with Crippen LogP contribution < -0.4 is 15.5 Å². The molecular weight excluding hydrogens is 501 g/mol. The molecule has 2 N–H and O–H groups in total. The molecule has 5 nitrogen and oxygen atoms in total. The van der Waals surface area contributed by atoms with Gasteiger partial charge in [-0.2, -0.15) is 0 Å². The molecule has 0 aliphatic carbocycles. The minimum absolute atomic E-state index is 0. The molecule has 0 amide bonds. The smallest absolute Gasteiger partial charge is 0.191 e. The maximum absolute atomic E-state index is 14.1. The van der Waals surface area contributed by atoms with Crippen LogP contribution in [0.1, 0.15) is 24.5 Å². The molecule has 3 rings (SSSR count). The Morgan fingerprint density at radius 1 is 1.20 bits per heavy atom. The molecule has 1 unspecified atom stereocenters. The van der Waals surface area contributed by atoms with Crippen LogP contribution in [0.25, 0.3) is 0 Å². The minimum atomic E-state index is -0.560. The minimum Gasteiger partial charge on any atom is -0.380 e. The van der Waals surface area contributed by atoms with Crippen LogP contribution in [0.15, 0.2) is 47.5 Å². The third kappa shape index (κ3) is 6.53. The zero-order chi connectivity index (χ0) is 20.6. The molecule has 0 bridgehead atoms. The molecule has 1 heterocycles. The van der Waals surface area contributed by atoms with Crippen LogP contribution in [0.3, 0.4) is 0 Å². The molecule has 1 aliphatic heterocycles. The molecular formula is C22H29F2IN4O. The van der Waals surface area contributed by atoms with Crippen LogP contribution in [0.2, 0.25) is 0 Å². The van der Waals surface area contributed by atoms with Gasteiger partial charge in [0.2, 0.25) is 0 Å². The first-order valence-corrected chi connectivity index (χ1v) is 9.91. The average Bonchev–Trinajstić information content (AvgIpc) is 3.15. The molecule has 0 spiro atoms. The van der Waals surface area contributed by atoms with Gasteiger partial charge in [0.15, 0.2) is 5.96 Å². The summed E-state index contributed by atoms with van der Waals surface area (Å²) in [5.41, 5.74) is 2.67. The maximum Gasteiger partial charge on any atom is 0.191 e. The summed E-state index contributed by atoms with van der Waals surface area (Å²) in [6, 6.07) is 11.9. The van der Waals surface area contributed by atoms with Gasteiger partial charge in [-0.05, 0) is 36.6 Å². The van der Waals surface area contributed by atoms with E-state index in [4.69, 9.17) is 9.73 Å². The lowest BCUT2D eigenvalue weighted by Crippen LogP contribution is -2.44. The second-order valence-corrected chi connectivity index (χ2v) is 7.07. The third-order valence-corrected chi connectivity index (χ3v) is 4.95. The van der Waals surface area contributed by atoms with Crippen molar-refractivity contribution in [2.45, 2.75) is 32.5 Å². The highest BCUT2D eigenvalue weighted by atomic mass is 127. The molecule has 1 fully saturated rings. The van der Waals surface area contributed by atoms with Gasteiger partial charge in [0, 0.05) is 38.9 Å². The van der Waals surface area contributed by atoms with Crippen LogP contribution in [0.5, 0.6) is 0 Å². The largest absolute Gasteiger partial charge is 0.380 e. The van der Waals surface area contributed by atoms with E-state index in [1.165, 1.54) is 12.1 Å². The highest BCUT2D eigenvalue weighted by Crippen LogP contribution is 2.24. The number of benzene rings is 2. The van der Waals surface area contributed by atoms with E-state index in [-0.39, 0.29) is 30.0 Å². The van der Waals surface area contributed by atoms with E-state index in [1.807, 2.05) is 30.0 Å². The van der Waals surface area contributed by atoms with E-state index >= 15 is 0 Å². The van der Waals surface area contributed by atoms with Crippen molar-refractivity contribution in [3.8, 4) is 0 Å². The highest BCUT2D eigenvalue weighted by Gasteiger charge is 2.25. The second-order valence-electron chi connectivity index (χ2n) is 7.07. The number of hydrogen-bond acceptors (Lipinski definition) is 3. The van der Waals surface area contributed by atoms with Gasteiger partial charge in [0.1, 0.15) is 11.6 Å².